The van der Waals surface area contributed by atoms with E-state index in [9.17, 15) is 4.79 Å². The number of nitrogens with zero attached hydrogens (tertiary/aromatic N) is 1. The van der Waals surface area contributed by atoms with Gasteiger partial charge >= 0.3 is 0 Å². The first-order chi connectivity index (χ1) is 8.04. The summed E-state index contributed by atoms with van der Waals surface area (Å²) in [5.74, 6) is 0.532. The van der Waals surface area contributed by atoms with Crippen LogP contribution in [0.25, 0.3) is 0 Å². The van der Waals surface area contributed by atoms with Gasteiger partial charge in [-0.3, -0.25) is 4.79 Å². The third-order valence-electron chi connectivity index (χ3n) is 2.99. The number of rotatable bonds is 5. The molecule has 1 aliphatic rings. The highest BCUT2D eigenvalue weighted by Gasteiger charge is 2.23. The summed E-state index contributed by atoms with van der Waals surface area (Å²) in [6.45, 7) is 6.27. The molecule has 1 aliphatic heterocycles. The molecule has 17 heavy (non-hydrogen) atoms. The molecule has 0 spiro atoms. The van der Waals surface area contributed by atoms with Crippen molar-refractivity contribution in [2.75, 3.05) is 26.8 Å². The summed E-state index contributed by atoms with van der Waals surface area (Å²) in [5.41, 5.74) is 7.18. The zero-order valence-corrected chi connectivity index (χ0v) is 11.1. The van der Waals surface area contributed by atoms with Crippen molar-refractivity contribution in [2.45, 2.75) is 32.7 Å². The average molecular weight is 240 g/mol. The zero-order valence-electron chi connectivity index (χ0n) is 11.1. The second-order valence-electron chi connectivity index (χ2n) is 5.07. The number of carbonyl (C=O) groups excluding carboxylic acids is 1. The third-order valence-corrected chi connectivity index (χ3v) is 2.99. The van der Waals surface area contributed by atoms with Gasteiger partial charge in [-0.15, -0.1) is 0 Å². The lowest BCUT2D eigenvalue weighted by molar-refractivity contribution is -0.132. The maximum Gasteiger partial charge on any atom is 0.239 e. The first-order valence-electron chi connectivity index (χ1n) is 6.25. The van der Waals surface area contributed by atoms with Crippen molar-refractivity contribution in [1.82, 2.24) is 4.90 Å². The number of ether oxygens (including phenoxy) is 1. The molecule has 1 rings (SSSR count). The van der Waals surface area contributed by atoms with E-state index in [-0.39, 0.29) is 11.9 Å². The Morgan fingerprint density at radius 3 is 2.76 bits per heavy atom. The predicted octanol–water partition coefficient (Wildman–Crippen LogP) is 1.16. The van der Waals surface area contributed by atoms with Gasteiger partial charge in [-0.05, 0) is 24.3 Å². The van der Waals surface area contributed by atoms with E-state index in [0.717, 1.165) is 19.4 Å². The lowest BCUT2D eigenvalue weighted by Crippen LogP contribution is -2.46. The molecule has 1 heterocycles. The van der Waals surface area contributed by atoms with E-state index in [1.54, 1.807) is 7.11 Å². The summed E-state index contributed by atoms with van der Waals surface area (Å²) < 4.78 is 5.08. The van der Waals surface area contributed by atoms with E-state index in [2.05, 4.69) is 19.9 Å². The minimum atomic E-state index is -0.354. The highest BCUT2D eigenvalue weighted by Crippen LogP contribution is 2.13. The molecule has 0 aromatic heterocycles. The molecule has 0 radical (unpaired) electrons. The molecule has 1 atom stereocenters. The van der Waals surface area contributed by atoms with E-state index in [1.165, 1.54) is 5.57 Å². The largest absolute Gasteiger partial charge is 0.380 e. The number of nitrogens with two attached hydrogens (primary N) is 1. The first kappa shape index (κ1) is 14.2. The number of hydrogen-bond donors (Lipinski definition) is 1. The molecule has 2 N–H and O–H groups in total. The molecule has 0 aliphatic carbocycles. The van der Waals surface area contributed by atoms with Gasteiger partial charge in [0.1, 0.15) is 0 Å². The lowest BCUT2D eigenvalue weighted by atomic mass is 10.0. The number of methoxy groups -OCH3 is 1. The van der Waals surface area contributed by atoms with Crippen molar-refractivity contribution in [2.24, 2.45) is 11.7 Å². The van der Waals surface area contributed by atoms with Gasteiger partial charge in [0.25, 0.3) is 0 Å². The molecule has 98 valence electrons. The van der Waals surface area contributed by atoms with Crippen LogP contribution < -0.4 is 5.73 Å². The van der Waals surface area contributed by atoms with Crippen molar-refractivity contribution in [3.05, 3.63) is 11.6 Å². The van der Waals surface area contributed by atoms with Crippen LogP contribution in [0.3, 0.4) is 0 Å². The van der Waals surface area contributed by atoms with Crippen LogP contribution in [0.4, 0.5) is 0 Å². The topological polar surface area (TPSA) is 55.6 Å². The van der Waals surface area contributed by atoms with Crippen LogP contribution in [0.1, 0.15) is 26.7 Å². The van der Waals surface area contributed by atoms with Crippen LogP contribution in [-0.2, 0) is 9.53 Å². The molecule has 1 amide bonds. The molecular formula is C13H24N2O2. The predicted molar refractivity (Wildman–Crippen MR) is 68.6 cm³/mol. The maximum atomic E-state index is 12.0. The standard InChI is InChI=1S/C13H24N2O2/c1-10(2)8-12(14)13(16)15-6-4-11(5-7-15)9-17-3/h4,10,12H,5-9,14H2,1-3H3. The van der Waals surface area contributed by atoms with E-state index in [0.29, 0.717) is 19.1 Å². The number of amides is 1. The molecule has 1 unspecified atom stereocenters. The summed E-state index contributed by atoms with van der Waals surface area (Å²) in [7, 11) is 1.69. The van der Waals surface area contributed by atoms with Crippen LogP contribution >= 0.6 is 0 Å². The second-order valence-corrected chi connectivity index (χ2v) is 5.07. The lowest BCUT2D eigenvalue weighted by Gasteiger charge is -2.29. The summed E-state index contributed by atoms with van der Waals surface area (Å²) in [4.78, 5) is 13.9. The average Bonchev–Trinajstić information content (AvgIpc) is 2.28. The first-order valence-corrected chi connectivity index (χ1v) is 6.25. The Morgan fingerprint density at radius 1 is 1.59 bits per heavy atom. The molecule has 0 aromatic carbocycles. The van der Waals surface area contributed by atoms with Crippen LogP contribution in [0, 0.1) is 5.92 Å². The van der Waals surface area contributed by atoms with Crippen LogP contribution in [0.5, 0.6) is 0 Å². The van der Waals surface area contributed by atoms with E-state index in [1.807, 2.05) is 4.90 Å². The Hall–Kier alpha value is -0.870. The summed E-state index contributed by atoms with van der Waals surface area (Å²) in [5, 5.41) is 0. The smallest absolute Gasteiger partial charge is 0.239 e. The van der Waals surface area contributed by atoms with E-state index >= 15 is 0 Å². The number of carbonyl (C=O) groups is 1. The maximum absolute atomic E-state index is 12.0. The molecule has 0 saturated carbocycles. The van der Waals surface area contributed by atoms with Crippen molar-refractivity contribution in [1.29, 1.82) is 0 Å². The number of hydrogen-bond acceptors (Lipinski definition) is 3. The molecule has 4 heteroatoms. The highest BCUT2D eigenvalue weighted by atomic mass is 16.5. The Morgan fingerprint density at radius 2 is 2.29 bits per heavy atom. The van der Waals surface area contributed by atoms with Gasteiger partial charge in [0.15, 0.2) is 0 Å². The minimum Gasteiger partial charge on any atom is -0.380 e. The van der Waals surface area contributed by atoms with E-state index < -0.39 is 0 Å². The fraction of sp³-hybridized carbons (Fsp3) is 0.769. The Labute approximate surface area is 104 Å². The van der Waals surface area contributed by atoms with Gasteiger partial charge in [0.05, 0.1) is 12.6 Å². The second kappa shape index (κ2) is 6.77. The van der Waals surface area contributed by atoms with Gasteiger partial charge in [0.2, 0.25) is 5.91 Å². The van der Waals surface area contributed by atoms with Gasteiger partial charge in [-0.25, -0.2) is 0 Å². The monoisotopic (exact) mass is 240 g/mol. The normalized spacial score (nSPS) is 18.2. The van der Waals surface area contributed by atoms with E-state index in [4.69, 9.17) is 10.5 Å². The summed E-state index contributed by atoms with van der Waals surface area (Å²) in [6.07, 6.45) is 3.73. The SMILES string of the molecule is COCC1=CCN(C(=O)C(N)CC(C)C)CC1. The summed E-state index contributed by atoms with van der Waals surface area (Å²) >= 11 is 0. The fourth-order valence-corrected chi connectivity index (χ4v) is 2.07. The van der Waals surface area contributed by atoms with Crippen LogP contribution in [-0.4, -0.2) is 43.7 Å². The van der Waals surface area contributed by atoms with Crippen molar-refractivity contribution in [3.8, 4) is 0 Å². The van der Waals surface area contributed by atoms with Gasteiger partial charge in [-0.2, -0.15) is 0 Å². The molecule has 4 nitrogen and oxygen atoms in total. The highest BCUT2D eigenvalue weighted by molar-refractivity contribution is 5.82. The van der Waals surface area contributed by atoms with Crippen molar-refractivity contribution in [3.63, 3.8) is 0 Å². The van der Waals surface area contributed by atoms with Gasteiger partial charge in [-0.1, -0.05) is 19.9 Å². The molecule has 0 bridgehead atoms. The van der Waals surface area contributed by atoms with Gasteiger partial charge < -0.3 is 15.4 Å². The van der Waals surface area contributed by atoms with Gasteiger partial charge in [0, 0.05) is 20.2 Å². The van der Waals surface area contributed by atoms with Crippen LogP contribution in [0.2, 0.25) is 0 Å². The molecule has 0 fully saturated rings. The Kier molecular flexibility index (Phi) is 5.65. The minimum absolute atomic E-state index is 0.0754. The molecule has 0 saturated heterocycles. The quantitative estimate of drug-likeness (QED) is 0.734. The molecular weight excluding hydrogens is 216 g/mol. The Bertz CT molecular complexity index is 287. The Balaban J connectivity index is 2.45. The molecule has 0 aromatic rings. The van der Waals surface area contributed by atoms with Crippen molar-refractivity contribution >= 4 is 5.91 Å². The third kappa shape index (κ3) is 4.48. The van der Waals surface area contributed by atoms with Crippen LogP contribution in [0.15, 0.2) is 11.6 Å². The summed E-state index contributed by atoms with van der Waals surface area (Å²) in [6, 6.07) is -0.354. The fourth-order valence-electron chi connectivity index (χ4n) is 2.07. The van der Waals surface area contributed by atoms with Crippen molar-refractivity contribution < 1.29 is 9.53 Å². The zero-order chi connectivity index (χ0) is 12.8.